The van der Waals surface area contributed by atoms with Crippen molar-refractivity contribution in [3.63, 3.8) is 0 Å². The van der Waals surface area contributed by atoms with Crippen molar-refractivity contribution >= 4 is 5.78 Å². The van der Waals surface area contributed by atoms with Crippen LogP contribution in [-0.4, -0.2) is 10.9 Å². The van der Waals surface area contributed by atoms with E-state index in [0.29, 0.717) is 29.2 Å². The third kappa shape index (κ3) is 0.492. The zero-order chi connectivity index (χ0) is 7.59. The van der Waals surface area contributed by atoms with Gasteiger partial charge in [0.2, 0.25) is 0 Å². The Balaban J connectivity index is 2.05. The molecule has 0 amide bonds. The van der Waals surface area contributed by atoms with E-state index in [-0.39, 0.29) is 5.78 Å². The number of rotatable bonds is 0. The highest BCUT2D eigenvalue weighted by atomic mass is 16.2. The largest absolute Gasteiger partial charge is 0.515 e. The lowest BCUT2D eigenvalue weighted by atomic mass is 9.81. The Kier molecular flexibility index (Phi) is 0.803. The Morgan fingerprint density at radius 1 is 1.36 bits per heavy atom. The number of allylic oxidation sites excluding steroid dienone is 1. The van der Waals surface area contributed by atoms with Gasteiger partial charge in [-0.05, 0) is 30.6 Å². The number of hydrogen-bond donors (Lipinski definition) is 1. The highest BCUT2D eigenvalue weighted by Crippen LogP contribution is 2.66. The van der Waals surface area contributed by atoms with Gasteiger partial charge in [-0.15, -0.1) is 0 Å². The summed E-state index contributed by atoms with van der Waals surface area (Å²) in [5.74, 6) is 2.38. The minimum Gasteiger partial charge on any atom is -0.515 e. The molecule has 0 aromatic carbocycles. The van der Waals surface area contributed by atoms with Gasteiger partial charge in [0.25, 0.3) is 0 Å². The SMILES string of the molecule is O=C1/C(=C/O)C2CC3[C@@H](C2)[C@H]13. The summed E-state index contributed by atoms with van der Waals surface area (Å²) in [5, 5.41) is 8.81. The predicted octanol–water partition coefficient (Wildman–Crippen LogP) is 1.28. The number of fused-ring (bicyclic) bond motifs is 1. The molecular weight excluding hydrogens is 140 g/mol. The molecule has 0 radical (unpaired) electrons. The van der Waals surface area contributed by atoms with Crippen LogP contribution in [0.15, 0.2) is 11.8 Å². The molecule has 4 aliphatic rings. The number of carbonyl (C=O) groups is 1. The van der Waals surface area contributed by atoms with Crippen molar-refractivity contribution in [2.75, 3.05) is 0 Å². The van der Waals surface area contributed by atoms with E-state index in [1.54, 1.807) is 0 Å². The number of ketones is 1. The van der Waals surface area contributed by atoms with Crippen molar-refractivity contribution in [2.45, 2.75) is 12.8 Å². The molecule has 0 saturated heterocycles. The van der Waals surface area contributed by atoms with Gasteiger partial charge < -0.3 is 5.11 Å². The lowest BCUT2D eigenvalue weighted by Gasteiger charge is -2.22. The molecule has 4 saturated carbocycles. The van der Waals surface area contributed by atoms with E-state index in [2.05, 4.69) is 0 Å². The lowest BCUT2D eigenvalue weighted by Crippen LogP contribution is -2.24. The number of aliphatic hydroxyl groups excluding tert-OH is 1. The quantitative estimate of drug-likeness (QED) is 0.417. The van der Waals surface area contributed by atoms with Gasteiger partial charge in [0, 0.05) is 11.5 Å². The van der Waals surface area contributed by atoms with Crippen LogP contribution >= 0.6 is 0 Å². The van der Waals surface area contributed by atoms with E-state index < -0.39 is 0 Å². The molecule has 4 rings (SSSR count). The summed E-state index contributed by atoms with van der Waals surface area (Å²) >= 11 is 0. The van der Waals surface area contributed by atoms with Gasteiger partial charge in [0.05, 0.1) is 6.26 Å². The van der Waals surface area contributed by atoms with Crippen LogP contribution in [0.1, 0.15) is 12.8 Å². The zero-order valence-corrected chi connectivity index (χ0v) is 6.16. The van der Waals surface area contributed by atoms with Crippen LogP contribution in [0.5, 0.6) is 0 Å². The van der Waals surface area contributed by atoms with Crippen LogP contribution in [-0.2, 0) is 4.79 Å². The number of carbonyl (C=O) groups excluding carboxylic acids is 1. The molecule has 0 aromatic rings. The summed E-state index contributed by atoms with van der Waals surface area (Å²) in [5.41, 5.74) is 0.708. The van der Waals surface area contributed by atoms with E-state index in [9.17, 15) is 4.79 Å². The summed E-state index contributed by atoms with van der Waals surface area (Å²) in [4.78, 5) is 11.4. The van der Waals surface area contributed by atoms with E-state index in [4.69, 9.17) is 5.11 Å². The second kappa shape index (κ2) is 1.52. The average molecular weight is 150 g/mol. The first-order chi connectivity index (χ1) is 5.33. The molecule has 4 fully saturated rings. The third-order valence-electron chi connectivity index (χ3n) is 3.61. The van der Waals surface area contributed by atoms with Gasteiger partial charge in [-0.1, -0.05) is 0 Å². The maximum absolute atomic E-state index is 11.4. The summed E-state index contributed by atoms with van der Waals surface area (Å²) in [6.07, 6.45) is 3.36. The van der Waals surface area contributed by atoms with E-state index in [1.165, 1.54) is 0 Å². The second-order valence-corrected chi connectivity index (χ2v) is 3.97. The molecule has 2 nitrogen and oxygen atoms in total. The van der Waals surface area contributed by atoms with Crippen LogP contribution in [0.25, 0.3) is 0 Å². The van der Waals surface area contributed by atoms with E-state index in [0.717, 1.165) is 19.1 Å². The van der Waals surface area contributed by atoms with Crippen LogP contribution in [0.3, 0.4) is 0 Å². The zero-order valence-electron chi connectivity index (χ0n) is 6.16. The Morgan fingerprint density at radius 2 is 2.00 bits per heavy atom. The van der Waals surface area contributed by atoms with Gasteiger partial charge in [0.1, 0.15) is 0 Å². The normalized spacial score (nSPS) is 55.3. The smallest absolute Gasteiger partial charge is 0.165 e. The van der Waals surface area contributed by atoms with Crippen LogP contribution in [0.4, 0.5) is 0 Å². The fraction of sp³-hybridized carbons (Fsp3) is 0.667. The first-order valence-corrected chi connectivity index (χ1v) is 4.21. The molecule has 11 heavy (non-hydrogen) atoms. The van der Waals surface area contributed by atoms with Gasteiger partial charge in [-0.2, -0.15) is 0 Å². The maximum atomic E-state index is 11.4. The van der Waals surface area contributed by atoms with Gasteiger partial charge in [0.15, 0.2) is 5.78 Å². The molecule has 2 heteroatoms. The highest BCUT2D eigenvalue weighted by molar-refractivity contribution is 6.01. The van der Waals surface area contributed by atoms with Crippen molar-refractivity contribution in [1.82, 2.24) is 0 Å². The molecule has 4 aliphatic carbocycles. The molecule has 0 aromatic heterocycles. The molecule has 0 heterocycles. The lowest BCUT2D eigenvalue weighted by molar-refractivity contribution is -0.119. The number of hydrogen-bond acceptors (Lipinski definition) is 2. The van der Waals surface area contributed by atoms with E-state index in [1.807, 2.05) is 0 Å². The summed E-state index contributed by atoms with van der Waals surface area (Å²) in [6.45, 7) is 0. The highest BCUT2D eigenvalue weighted by Gasteiger charge is 2.65. The summed E-state index contributed by atoms with van der Waals surface area (Å²) in [7, 11) is 0. The molecule has 1 N–H and O–H groups in total. The molecular formula is C9H10O2. The third-order valence-corrected chi connectivity index (χ3v) is 3.61. The van der Waals surface area contributed by atoms with Gasteiger partial charge >= 0.3 is 0 Å². The van der Waals surface area contributed by atoms with Crippen molar-refractivity contribution in [3.8, 4) is 0 Å². The number of aliphatic hydroxyl groups is 1. The Bertz CT molecular complexity index is 255. The average Bonchev–Trinajstić information content (AvgIpc) is 2.54. The molecule has 58 valence electrons. The second-order valence-electron chi connectivity index (χ2n) is 3.97. The van der Waals surface area contributed by atoms with Crippen molar-refractivity contribution in [2.24, 2.45) is 23.7 Å². The van der Waals surface area contributed by atoms with E-state index >= 15 is 0 Å². The molecule has 0 spiro atoms. The fourth-order valence-corrected chi connectivity index (χ4v) is 3.05. The first-order valence-electron chi connectivity index (χ1n) is 4.21. The van der Waals surface area contributed by atoms with Crippen LogP contribution in [0, 0.1) is 23.7 Å². The Hall–Kier alpha value is -0.790. The molecule has 4 atom stereocenters. The Labute approximate surface area is 64.9 Å². The fourth-order valence-electron chi connectivity index (χ4n) is 3.05. The molecule has 4 bridgehead atoms. The Morgan fingerprint density at radius 3 is 2.45 bits per heavy atom. The maximum Gasteiger partial charge on any atom is 0.165 e. The molecule has 0 aliphatic heterocycles. The monoisotopic (exact) mass is 150 g/mol. The van der Waals surface area contributed by atoms with Crippen molar-refractivity contribution < 1.29 is 9.90 Å². The van der Waals surface area contributed by atoms with Gasteiger partial charge in [-0.3, -0.25) is 4.79 Å². The van der Waals surface area contributed by atoms with Crippen LogP contribution in [0.2, 0.25) is 0 Å². The van der Waals surface area contributed by atoms with Crippen LogP contribution < -0.4 is 0 Å². The first kappa shape index (κ1) is 5.81. The number of Topliss-reactive ketones (excluding diaryl/α,β-unsaturated/α-hetero) is 1. The summed E-state index contributed by atoms with van der Waals surface area (Å²) in [6, 6.07) is 0. The topological polar surface area (TPSA) is 37.3 Å². The predicted molar refractivity (Wildman–Crippen MR) is 38.9 cm³/mol. The molecule has 2 unspecified atom stereocenters. The van der Waals surface area contributed by atoms with Gasteiger partial charge in [-0.25, -0.2) is 0 Å². The standard InChI is InChI=1S/C9H10O2/c10-3-7-4-1-5-6(2-4)8(5)9(7)11/h3-6,8,10H,1-2H2/b7-3+/t4?,5-,6?,8+/m1/s1. The van der Waals surface area contributed by atoms with Crippen molar-refractivity contribution in [3.05, 3.63) is 11.8 Å². The summed E-state index contributed by atoms with van der Waals surface area (Å²) < 4.78 is 0. The minimum absolute atomic E-state index is 0.241. The minimum atomic E-state index is 0.241. The van der Waals surface area contributed by atoms with Crippen molar-refractivity contribution in [1.29, 1.82) is 0 Å².